The van der Waals surface area contributed by atoms with Crippen molar-refractivity contribution in [3.8, 4) is 0 Å². The van der Waals surface area contributed by atoms with Gasteiger partial charge in [-0.3, -0.25) is 0 Å². The molecule has 1 amide bonds. The van der Waals surface area contributed by atoms with Gasteiger partial charge < -0.3 is 10.4 Å². The van der Waals surface area contributed by atoms with Crippen molar-refractivity contribution < 1.29 is 9.90 Å². The number of amides is 1. The molecule has 13 heavy (non-hydrogen) atoms. The minimum Gasteiger partial charge on any atom is -0.465 e. The van der Waals surface area contributed by atoms with Crippen LogP contribution < -0.4 is 5.32 Å². The molecule has 1 rings (SSSR count). The number of carboxylic acid groups (broad SMARTS) is 1. The summed E-state index contributed by atoms with van der Waals surface area (Å²) in [7, 11) is 0. The van der Waals surface area contributed by atoms with E-state index in [0.717, 1.165) is 0 Å². The second kappa shape index (κ2) is 4.35. The predicted octanol–water partition coefficient (Wildman–Crippen LogP) is 2.76. The SMILES string of the molecule is O=C(O)NCc1ccc(Cl)cc1Cl. The summed E-state index contributed by atoms with van der Waals surface area (Å²) in [4.78, 5) is 10.2. The number of halogens is 2. The lowest BCUT2D eigenvalue weighted by molar-refractivity contribution is 0.194. The van der Waals surface area contributed by atoms with Gasteiger partial charge in [-0.1, -0.05) is 29.3 Å². The monoisotopic (exact) mass is 219 g/mol. The summed E-state index contributed by atoms with van der Waals surface area (Å²) in [5.41, 5.74) is 0.702. The Balaban J connectivity index is 2.72. The van der Waals surface area contributed by atoms with Crippen molar-refractivity contribution in [1.29, 1.82) is 0 Å². The van der Waals surface area contributed by atoms with Gasteiger partial charge in [-0.2, -0.15) is 0 Å². The fourth-order valence-electron chi connectivity index (χ4n) is 0.836. The smallest absolute Gasteiger partial charge is 0.404 e. The topological polar surface area (TPSA) is 49.3 Å². The van der Waals surface area contributed by atoms with E-state index < -0.39 is 6.09 Å². The standard InChI is InChI=1S/C8H7Cl2NO2/c9-6-2-1-5(7(10)3-6)4-11-8(12)13/h1-3,11H,4H2,(H,12,13). The van der Waals surface area contributed by atoms with Gasteiger partial charge >= 0.3 is 6.09 Å². The van der Waals surface area contributed by atoms with Crippen LogP contribution >= 0.6 is 23.2 Å². The van der Waals surface area contributed by atoms with Crippen molar-refractivity contribution in [2.45, 2.75) is 6.54 Å². The number of carbonyl (C=O) groups is 1. The van der Waals surface area contributed by atoms with Gasteiger partial charge in [0, 0.05) is 16.6 Å². The molecule has 70 valence electrons. The molecular weight excluding hydrogens is 213 g/mol. The Kier molecular flexibility index (Phi) is 3.39. The third kappa shape index (κ3) is 3.13. The molecule has 0 atom stereocenters. The first-order chi connectivity index (χ1) is 6.09. The summed E-state index contributed by atoms with van der Waals surface area (Å²) >= 11 is 11.5. The van der Waals surface area contributed by atoms with Crippen LogP contribution in [0.1, 0.15) is 5.56 Å². The summed E-state index contributed by atoms with van der Waals surface area (Å²) in [6.45, 7) is 0.186. The number of benzene rings is 1. The van der Waals surface area contributed by atoms with E-state index in [4.69, 9.17) is 28.3 Å². The van der Waals surface area contributed by atoms with Crippen molar-refractivity contribution >= 4 is 29.3 Å². The molecule has 0 aliphatic heterocycles. The lowest BCUT2D eigenvalue weighted by atomic mass is 10.2. The highest BCUT2D eigenvalue weighted by atomic mass is 35.5. The molecule has 0 unspecified atom stereocenters. The zero-order valence-electron chi connectivity index (χ0n) is 6.55. The Bertz CT molecular complexity index is 328. The Hall–Kier alpha value is -0.930. The Morgan fingerprint density at radius 3 is 2.69 bits per heavy atom. The highest BCUT2D eigenvalue weighted by Crippen LogP contribution is 2.20. The molecule has 0 saturated carbocycles. The van der Waals surface area contributed by atoms with Crippen molar-refractivity contribution in [2.24, 2.45) is 0 Å². The molecule has 0 bridgehead atoms. The molecule has 0 radical (unpaired) electrons. The lowest BCUT2D eigenvalue weighted by Crippen LogP contribution is -2.20. The van der Waals surface area contributed by atoms with Gasteiger partial charge in [0.1, 0.15) is 0 Å². The van der Waals surface area contributed by atoms with Gasteiger partial charge in [0.25, 0.3) is 0 Å². The maximum absolute atomic E-state index is 10.2. The van der Waals surface area contributed by atoms with E-state index in [-0.39, 0.29) is 6.54 Å². The Labute approximate surface area is 85.3 Å². The number of rotatable bonds is 2. The summed E-state index contributed by atoms with van der Waals surface area (Å²) in [5.74, 6) is 0. The van der Waals surface area contributed by atoms with Crippen molar-refractivity contribution in [3.63, 3.8) is 0 Å². The molecule has 0 aromatic heterocycles. The van der Waals surface area contributed by atoms with Crippen LogP contribution in [0.4, 0.5) is 4.79 Å². The largest absolute Gasteiger partial charge is 0.465 e. The first-order valence-corrected chi connectivity index (χ1v) is 4.26. The van der Waals surface area contributed by atoms with E-state index >= 15 is 0 Å². The fourth-order valence-corrected chi connectivity index (χ4v) is 1.31. The van der Waals surface area contributed by atoms with Crippen LogP contribution in [0.5, 0.6) is 0 Å². The second-order valence-electron chi connectivity index (χ2n) is 2.39. The molecule has 3 nitrogen and oxygen atoms in total. The highest BCUT2D eigenvalue weighted by molar-refractivity contribution is 6.35. The molecule has 2 N–H and O–H groups in total. The molecule has 0 saturated heterocycles. The van der Waals surface area contributed by atoms with Crippen LogP contribution in [0.15, 0.2) is 18.2 Å². The van der Waals surface area contributed by atoms with Crippen molar-refractivity contribution in [3.05, 3.63) is 33.8 Å². The van der Waals surface area contributed by atoms with E-state index in [1.165, 1.54) is 0 Å². The lowest BCUT2D eigenvalue weighted by Gasteiger charge is -2.03. The zero-order chi connectivity index (χ0) is 9.84. The number of hydrogen-bond acceptors (Lipinski definition) is 1. The molecule has 0 spiro atoms. The van der Waals surface area contributed by atoms with Crippen molar-refractivity contribution in [1.82, 2.24) is 5.32 Å². The maximum Gasteiger partial charge on any atom is 0.404 e. The summed E-state index contributed by atoms with van der Waals surface area (Å²) < 4.78 is 0. The zero-order valence-corrected chi connectivity index (χ0v) is 8.06. The molecule has 1 aromatic rings. The summed E-state index contributed by atoms with van der Waals surface area (Å²) in [6.07, 6.45) is -1.08. The molecule has 0 fully saturated rings. The average molecular weight is 220 g/mol. The number of nitrogens with one attached hydrogen (secondary N) is 1. The Morgan fingerprint density at radius 2 is 2.15 bits per heavy atom. The van der Waals surface area contributed by atoms with Crippen LogP contribution in [0.3, 0.4) is 0 Å². The van der Waals surface area contributed by atoms with Gasteiger partial charge in [-0.15, -0.1) is 0 Å². The van der Waals surface area contributed by atoms with Crippen LogP contribution in [-0.2, 0) is 6.54 Å². The van der Waals surface area contributed by atoms with Crippen molar-refractivity contribution in [2.75, 3.05) is 0 Å². The first-order valence-electron chi connectivity index (χ1n) is 3.50. The van der Waals surface area contributed by atoms with Gasteiger partial charge in [0.2, 0.25) is 0 Å². The molecule has 0 aliphatic carbocycles. The highest BCUT2D eigenvalue weighted by Gasteiger charge is 2.02. The summed E-state index contributed by atoms with van der Waals surface area (Å²) in [6, 6.07) is 4.91. The van der Waals surface area contributed by atoms with Crippen LogP contribution in [0, 0.1) is 0 Å². The van der Waals surface area contributed by atoms with Crippen LogP contribution in [-0.4, -0.2) is 11.2 Å². The van der Waals surface area contributed by atoms with Gasteiger partial charge in [0.15, 0.2) is 0 Å². The quantitative estimate of drug-likeness (QED) is 0.804. The first kappa shape index (κ1) is 10.2. The van der Waals surface area contributed by atoms with E-state index in [1.54, 1.807) is 18.2 Å². The minimum atomic E-state index is -1.08. The van der Waals surface area contributed by atoms with E-state index in [0.29, 0.717) is 15.6 Å². The Morgan fingerprint density at radius 1 is 1.46 bits per heavy atom. The molecule has 1 aromatic carbocycles. The summed E-state index contributed by atoms with van der Waals surface area (Å²) in [5, 5.41) is 11.5. The fraction of sp³-hybridized carbons (Fsp3) is 0.125. The van der Waals surface area contributed by atoms with Gasteiger partial charge in [-0.05, 0) is 17.7 Å². The molecular formula is C8H7Cl2NO2. The second-order valence-corrected chi connectivity index (χ2v) is 3.24. The molecule has 5 heteroatoms. The van der Waals surface area contributed by atoms with E-state index in [9.17, 15) is 4.79 Å². The van der Waals surface area contributed by atoms with Crippen LogP contribution in [0.2, 0.25) is 10.0 Å². The van der Waals surface area contributed by atoms with E-state index in [2.05, 4.69) is 5.32 Å². The number of hydrogen-bond donors (Lipinski definition) is 2. The third-order valence-corrected chi connectivity index (χ3v) is 2.03. The molecule has 0 heterocycles. The average Bonchev–Trinajstić information content (AvgIpc) is 2.02. The van der Waals surface area contributed by atoms with Gasteiger partial charge in [-0.25, -0.2) is 4.79 Å². The third-order valence-electron chi connectivity index (χ3n) is 1.45. The predicted molar refractivity (Wildman–Crippen MR) is 51.3 cm³/mol. The van der Waals surface area contributed by atoms with Gasteiger partial charge in [0.05, 0.1) is 0 Å². The minimum absolute atomic E-state index is 0.186. The van der Waals surface area contributed by atoms with Crippen LogP contribution in [0.25, 0.3) is 0 Å². The maximum atomic E-state index is 10.2. The molecule has 0 aliphatic rings. The van der Waals surface area contributed by atoms with E-state index in [1.807, 2.05) is 0 Å². The normalized spacial score (nSPS) is 9.69.